The number of thioether (sulfide) groups is 1. The summed E-state index contributed by atoms with van der Waals surface area (Å²) in [6.45, 7) is 3.94. The van der Waals surface area contributed by atoms with Gasteiger partial charge in [0.25, 0.3) is 5.56 Å². The summed E-state index contributed by atoms with van der Waals surface area (Å²) in [5.41, 5.74) is 3.14. The fourth-order valence-electron chi connectivity index (χ4n) is 3.32. The second-order valence-electron chi connectivity index (χ2n) is 7.22. The number of aromatic nitrogens is 3. The van der Waals surface area contributed by atoms with Gasteiger partial charge < -0.3 is 5.32 Å². The fraction of sp³-hybridized carbons (Fsp3) is 0.130. The Morgan fingerprint density at radius 2 is 1.81 bits per heavy atom. The highest BCUT2D eigenvalue weighted by Crippen LogP contribution is 2.25. The molecule has 0 aliphatic rings. The third-order valence-electron chi connectivity index (χ3n) is 4.61. The first-order valence-corrected chi connectivity index (χ1v) is 11.4. The molecule has 0 aliphatic carbocycles. The van der Waals surface area contributed by atoms with E-state index in [1.165, 1.54) is 12.3 Å². The molecule has 0 radical (unpaired) electrons. The van der Waals surface area contributed by atoms with E-state index in [-0.39, 0.29) is 28.1 Å². The number of benzene rings is 2. The van der Waals surface area contributed by atoms with E-state index in [1.54, 1.807) is 22.8 Å². The Kier molecular flexibility index (Phi) is 6.50. The number of anilines is 1. The standard InChI is InChI=1S/C23H18Cl2N4O2S/c1-13-7-14(2)9-16(8-13)29-22(31)17-5-3-4-6-19(17)27-23(29)32-12-20(30)28-21-18(25)10-15(24)11-26-21/h3-11H,12H2,1-2H3,(H,26,28,30). The van der Waals surface area contributed by atoms with Crippen LogP contribution in [-0.4, -0.2) is 26.2 Å². The number of carbonyl (C=O) groups excluding carboxylic acids is 1. The average Bonchev–Trinajstić information content (AvgIpc) is 2.73. The molecule has 4 aromatic rings. The molecule has 0 saturated carbocycles. The molecule has 2 aromatic heterocycles. The number of hydrogen-bond acceptors (Lipinski definition) is 5. The molecule has 0 aliphatic heterocycles. The van der Waals surface area contributed by atoms with Crippen LogP contribution in [0, 0.1) is 13.8 Å². The number of halogens is 2. The number of carbonyl (C=O) groups is 1. The van der Waals surface area contributed by atoms with Crippen molar-refractivity contribution in [2.24, 2.45) is 0 Å². The monoisotopic (exact) mass is 484 g/mol. The van der Waals surface area contributed by atoms with E-state index in [2.05, 4.69) is 15.3 Å². The van der Waals surface area contributed by atoms with Gasteiger partial charge in [-0.1, -0.05) is 53.2 Å². The van der Waals surface area contributed by atoms with Crippen LogP contribution < -0.4 is 10.9 Å². The zero-order chi connectivity index (χ0) is 22.8. The summed E-state index contributed by atoms with van der Waals surface area (Å²) in [6, 6.07) is 14.5. The number of fused-ring (bicyclic) bond motifs is 1. The quantitative estimate of drug-likeness (QED) is 0.301. The summed E-state index contributed by atoms with van der Waals surface area (Å²) >= 11 is 13.1. The number of para-hydroxylation sites is 1. The highest BCUT2D eigenvalue weighted by Gasteiger charge is 2.16. The molecule has 0 saturated heterocycles. The van der Waals surface area contributed by atoms with E-state index < -0.39 is 0 Å². The zero-order valence-corrected chi connectivity index (χ0v) is 19.6. The van der Waals surface area contributed by atoms with Gasteiger partial charge in [-0.15, -0.1) is 0 Å². The number of nitrogens with one attached hydrogen (secondary N) is 1. The number of nitrogens with zero attached hydrogens (tertiary/aromatic N) is 3. The van der Waals surface area contributed by atoms with Gasteiger partial charge in [0.1, 0.15) is 0 Å². The maximum atomic E-state index is 13.4. The minimum Gasteiger partial charge on any atom is -0.309 e. The van der Waals surface area contributed by atoms with E-state index in [1.807, 2.05) is 38.1 Å². The lowest BCUT2D eigenvalue weighted by Crippen LogP contribution is -2.23. The molecular formula is C23H18Cl2N4O2S. The largest absolute Gasteiger partial charge is 0.309 e. The molecule has 162 valence electrons. The molecule has 0 atom stereocenters. The molecule has 2 heterocycles. The van der Waals surface area contributed by atoms with Gasteiger partial charge in [-0.25, -0.2) is 9.97 Å². The first-order chi connectivity index (χ1) is 15.3. The van der Waals surface area contributed by atoms with Crippen molar-refractivity contribution < 1.29 is 4.79 Å². The Morgan fingerprint density at radius 3 is 2.53 bits per heavy atom. The van der Waals surface area contributed by atoms with Gasteiger partial charge in [-0.05, 0) is 55.3 Å². The Balaban J connectivity index is 1.69. The topological polar surface area (TPSA) is 76.9 Å². The predicted molar refractivity (Wildman–Crippen MR) is 130 cm³/mol. The Labute approximate surface area is 198 Å². The Morgan fingerprint density at radius 1 is 1.09 bits per heavy atom. The third kappa shape index (κ3) is 4.80. The Bertz CT molecular complexity index is 1380. The lowest BCUT2D eigenvalue weighted by Gasteiger charge is -2.14. The second-order valence-corrected chi connectivity index (χ2v) is 9.00. The molecular weight excluding hydrogens is 467 g/mol. The Hall–Kier alpha value is -2.87. The second kappa shape index (κ2) is 9.32. The van der Waals surface area contributed by atoms with Crippen LogP contribution in [0.1, 0.15) is 11.1 Å². The van der Waals surface area contributed by atoms with Gasteiger partial charge in [-0.2, -0.15) is 0 Å². The minimum absolute atomic E-state index is 0.0101. The first-order valence-electron chi connectivity index (χ1n) is 9.66. The molecule has 1 N–H and O–H groups in total. The highest BCUT2D eigenvalue weighted by molar-refractivity contribution is 7.99. The predicted octanol–water partition coefficient (Wildman–Crippen LogP) is 5.44. The van der Waals surface area contributed by atoms with E-state index in [9.17, 15) is 9.59 Å². The van der Waals surface area contributed by atoms with Gasteiger partial charge in [0, 0.05) is 6.20 Å². The van der Waals surface area contributed by atoms with E-state index in [0.29, 0.717) is 26.8 Å². The lowest BCUT2D eigenvalue weighted by molar-refractivity contribution is -0.113. The summed E-state index contributed by atoms with van der Waals surface area (Å²) in [4.78, 5) is 34.6. The van der Waals surface area contributed by atoms with Crippen LogP contribution in [0.15, 0.2) is 64.7 Å². The van der Waals surface area contributed by atoms with Gasteiger partial charge in [0.15, 0.2) is 11.0 Å². The van der Waals surface area contributed by atoms with Gasteiger partial charge in [-0.3, -0.25) is 14.2 Å². The number of amides is 1. The summed E-state index contributed by atoms with van der Waals surface area (Å²) in [5.74, 6) is -0.100. The highest BCUT2D eigenvalue weighted by atomic mass is 35.5. The first kappa shape index (κ1) is 22.3. The molecule has 4 rings (SSSR count). The average molecular weight is 485 g/mol. The van der Waals surface area contributed by atoms with Crippen molar-refractivity contribution in [3.8, 4) is 5.69 Å². The molecule has 1 amide bonds. The van der Waals surface area contributed by atoms with Crippen LogP contribution in [0.5, 0.6) is 0 Å². The summed E-state index contributed by atoms with van der Waals surface area (Å²) < 4.78 is 1.55. The van der Waals surface area contributed by atoms with Crippen molar-refractivity contribution in [1.82, 2.24) is 14.5 Å². The van der Waals surface area contributed by atoms with Gasteiger partial charge in [0.2, 0.25) is 5.91 Å². The molecule has 9 heteroatoms. The van der Waals surface area contributed by atoms with Crippen LogP contribution in [0.3, 0.4) is 0 Å². The number of rotatable bonds is 5. The van der Waals surface area contributed by atoms with Crippen LogP contribution in [0.4, 0.5) is 5.82 Å². The molecule has 0 unspecified atom stereocenters. The van der Waals surface area contributed by atoms with Crippen LogP contribution >= 0.6 is 35.0 Å². The van der Waals surface area contributed by atoms with E-state index in [4.69, 9.17) is 23.2 Å². The molecule has 32 heavy (non-hydrogen) atoms. The molecule has 2 aromatic carbocycles. The molecule has 0 fully saturated rings. The van der Waals surface area contributed by atoms with Gasteiger partial charge >= 0.3 is 0 Å². The van der Waals surface area contributed by atoms with Gasteiger partial charge in [0.05, 0.1) is 32.4 Å². The van der Waals surface area contributed by atoms with Crippen LogP contribution in [-0.2, 0) is 4.79 Å². The SMILES string of the molecule is Cc1cc(C)cc(-n2c(SCC(=O)Nc3ncc(Cl)cc3Cl)nc3ccccc3c2=O)c1. The maximum Gasteiger partial charge on any atom is 0.266 e. The number of aryl methyl sites for hydroxylation is 2. The van der Waals surface area contributed by atoms with Crippen molar-refractivity contribution in [1.29, 1.82) is 0 Å². The molecule has 0 bridgehead atoms. The smallest absolute Gasteiger partial charge is 0.266 e. The fourth-order valence-corrected chi connectivity index (χ4v) is 4.56. The van der Waals surface area contributed by atoms with Crippen molar-refractivity contribution in [3.05, 3.63) is 86.3 Å². The van der Waals surface area contributed by atoms with E-state index >= 15 is 0 Å². The summed E-state index contributed by atoms with van der Waals surface area (Å²) in [7, 11) is 0. The number of pyridine rings is 1. The van der Waals surface area contributed by atoms with Crippen LogP contribution in [0.25, 0.3) is 16.6 Å². The maximum absolute atomic E-state index is 13.4. The number of hydrogen-bond donors (Lipinski definition) is 1. The minimum atomic E-state index is -0.332. The summed E-state index contributed by atoms with van der Waals surface area (Å²) in [5, 5.41) is 4.21. The summed E-state index contributed by atoms with van der Waals surface area (Å²) in [6.07, 6.45) is 1.40. The van der Waals surface area contributed by atoms with Crippen molar-refractivity contribution in [2.75, 3.05) is 11.1 Å². The van der Waals surface area contributed by atoms with Crippen molar-refractivity contribution in [3.63, 3.8) is 0 Å². The molecule has 6 nitrogen and oxygen atoms in total. The normalized spacial score (nSPS) is 11.0. The van der Waals surface area contributed by atoms with Crippen molar-refractivity contribution >= 4 is 57.6 Å². The molecule has 0 spiro atoms. The van der Waals surface area contributed by atoms with E-state index in [0.717, 1.165) is 22.9 Å². The zero-order valence-electron chi connectivity index (χ0n) is 17.2. The van der Waals surface area contributed by atoms with Crippen molar-refractivity contribution in [2.45, 2.75) is 19.0 Å². The van der Waals surface area contributed by atoms with Crippen LogP contribution in [0.2, 0.25) is 10.0 Å². The third-order valence-corrected chi connectivity index (χ3v) is 6.04. The lowest BCUT2D eigenvalue weighted by atomic mass is 10.1.